The minimum atomic E-state index is 0.707. The Labute approximate surface area is 123 Å². The fourth-order valence-corrected chi connectivity index (χ4v) is 2.38. The lowest BCUT2D eigenvalue weighted by molar-refractivity contribution is 0.140. The number of ether oxygens (including phenoxy) is 1. The number of aryl methyl sites for hydroxylation is 2. The maximum Gasteiger partial charge on any atom is 0.0628 e. The Bertz CT molecular complexity index is 385. The van der Waals surface area contributed by atoms with Crippen molar-refractivity contribution in [2.45, 2.75) is 54.0 Å². The van der Waals surface area contributed by atoms with E-state index in [0.717, 1.165) is 45.7 Å². The molecular formula is C16H31N3O. The minimum Gasteiger partial charge on any atom is -0.382 e. The van der Waals surface area contributed by atoms with Crippen molar-refractivity contribution >= 4 is 0 Å². The normalized spacial score (nSPS) is 11.5. The summed E-state index contributed by atoms with van der Waals surface area (Å²) in [5.74, 6) is 0.707. The van der Waals surface area contributed by atoms with E-state index >= 15 is 0 Å². The van der Waals surface area contributed by atoms with E-state index in [9.17, 15) is 0 Å². The smallest absolute Gasteiger partial charge is 0.0628 e. The van der Waals surface area contributed by atoms with Gasteiger partial charge in [0.05, 0.1) is 5.69 Å². The zero-order chi connectivity index (χ0) is 15.0. The molecule has 4 nitrogen and oxygen atoms in total. The van der Waals surface area contributed by atoms with Crippen LogP contribution in [-0.4, -0.2) is 36.1 Å². The van der Waals surface area contributed by atoms with Gasteiger partial charge in [-0.3, -0.25) is 4.68 Å². The summed E-state index contributed by atoms with van der Waals surface area (Å²) in [6.07, 6.45) is 2.09. The molecule has 1 N–H and O–H groups in total. The third kappa shape index (κ3) is 5.63. The second-order valence-electron chi connectivity index (χ2n) is 5.77. The highest BCUT2D eigenvalue weighted by Crippen LogP contribution is 2.14. The van der Waals surface area contributed by atoms with Crippen molar-refractivity contribution in [1.29, 1.82) is 0 Å². The predicted molar refractivity (Wildman–Crippen MR) is 84.2 cm³/mol. The van der Waals surface area contributed by atoms with Gasteiger partial charge in [0.25, 0.3) is 0 Å². The van der Waals surface area contributed by atoms with E-state index in [0.29, 0.717) is 5.92 Å². The van der Waals surface area contributed by atoms with Crippen molar-refractivity contribution in [1.82, 2.24) is 15.1 Å². The molecule has 0 aliphatic heterocycles. The Balaban J connectivity index is 2.44. The van der Waals surface area contributed by atoms with Crippen LogP contribution in [-0.2, 0) is 17.7 Å². The predicted octanol–water partition coefficient (Wildman–Crippen LogP) is 2.71. The van der Waals surface area contributed by atoms with E-state index in [1.807, 2.05) is 6.92 Å². The largest absolute Gasteiger partial charge is 0.382 e. The maximum absolute atomic E-state index is 5.38. The second-order valence-corrected chi connectivity index (χ2v) is 5.77. The standard InChI is InChI=1S/C16H31N3O/c1-6-20-11-7-10-19-15(5)16(14(4)18-19)8-9-17-12-13(2)3/h13,17H,6-12H2,1-5H3. The summed E-state index contributed by atoms with van der Waals surface area (Å²) in [4.78, 5) is 0. The van der Waals surface area contributed by atoms with Gasteiger partial charge in [0.2, 0.25) is 0 Å². The Kier molecular flexibility index (Phi) is 7.85. The first-order valence-electron chi connectivity index (χ1n) is 7.87. The molecule has 0 aromatic carbocycles. The van der Waals surface area contributed by atoms with Gasteiger partial charge in [-0.25, -0.2) is 0 Å². The summed E-state index contributed by atoms with van der Waals surface area (Å²) in [7, 11) is 0. The van der Waals surface area contributed by atoms with Gasteiger partial charge < -0.3 is 10.1 Å². The quantitative estimate of drug-likeness (QED) is 0.670. The van der Waals surface area contributed by atoms with Crippen LogP contribution in [0.15, 0.2) is 0 Å². The van der Waals surface area contributed by atoms with Gasteiger partial charge in [-0.2, -0.15) is 5.10 Å². The minimum absolute atomic E-state index is 0.707. The lowest BCUT2D eigenvalue weighted by Crippen LogP contribution is -2.22. The highest BCUT2D eigenvalue weighted by Gasteiger charge is 2.10. The average Bonchev–Trinajstić information content (AvgIpc) is 2.66. The first-order valence-corrected chi connectivity index (χ1v) is 7.87. The fourth-order valence-electron chi connectivity index (χ4n) is 2.38. The van der Waals surface area contributed by atoms with Gasteiger partial charge in [0.1, 0.15) is 0 Å². The Hall–Kier alpha value is -0.870. The van der Waals surface area contributed by atoms with Crippen molar-refractivity contribution < 1.29 is 4.74 Å². The monoisotopic (exact) mass is 281 g/mol. The van der Waals surface area contributed by atoms with E-state index in [1.54, 1.807) is 0 Å². The number of aromatic nitrogens is 2. The van der Waals surface area contributed by atoms with Crippen LogP contribution in [0.5, 0.6) is 0 Å². The van der Waals surface area contributed by atoms with Crippen LogP contribution >= 0.6 is 0 Å². The first kappa shape index (κ1) is 17.2. The van der Waals surface area contributed by atoms with E-state index in [4.69, 9.17) is 4.74 Å². The van der Waals surface area contributed by atoms with Crippen LogP contribution in [0.3, 0.4) is 0 Å². The number of rotatable bonds is 10. The van der Waals surface area contributed by atoms with Crippen LogP contribution in [0.4, 0.5) is 0 Å². The first-order chi connectivity index (χ1) is 9.56. The van der Waals surface area contributed by atoms with Crippen LogP contribution in [0.25, 0.3) is 0 Å². The van der Waals surface area contributed by atoms with Crippen molar-refractivity contribution in [3.8, 4) is 0 Å². The lowest BCUT2D eigenvalue weighted by atomic mass is 10.1. The molecule has 116 valence electrons. The summed E-state index contributed by atoms with van der Waals surface area (Å²) in [6, 6.07) is 0. The zero-order valence-corrected chi connectivity index (χ0v) is 13.8. The third-order valence-electron chi connectivity index (χ3n) is 3.50. The van der Waals surface area contributed by atoms with Gasteiger partial charge >= 0.3 is 0 Å². The van der Waals surface area contributed by atoms with Crippen LogP contribution in [0.1, 0.15) is 44.1 Å². The Morgan fingerprint density at radius 1 is 1.30 bits per heavy atom. The molecule has 0 bridgehead atoms. The molecule has 1 rings (SSSR count). The van der Waals surface area contributed by atoms with Gasteiger partial charge in [-0.1, -0.05) is 13.8 Å². The van der Waals surface area contributed by atoms with Crippen molar-refractivity contribution in [3.05, 3.63) is 17.0 Å². The van der Waals surface area contributed by atoms with E-state index in [1.165, 1.54) is 17.0 Å². The highest BCUT2D eigenvalue weighted by atomic mass is 16.5. The van der Waals surface area contributed by atoms with E-state index in [2.05, 4.69) is 42.8 Å². The highest BCUT2D eigenvalue weighted by molar-refractivity contribution is 5.24. The molecule has 0 aliphatic rings. The molecule has 1 aromatic heterocycles. The summed E-state index contributed by atoms with van der Waals surface area (Å²) in [5.41, 5.74) is 3.88. The molecular weight excluding hydrogens is 250 g/mol. The molecule has 0 fully saturated rings. The van der Waals surface area contributed by atoms with Crippen LogP contribution in [0.2, 0.25) is 0 Å². The Morgan fingerprint density at radius 2 is 2.05 bits per heavy atom. The van der Waals surface area contributed by atoms with Gasteiger partial charge in [-0.15, -0.1) is 0 Å². The molecule has 0 amide bonds. The van der Waals surface area contributed by atoms with Gasteiger partial charge in [0, 0.05) is 25.5 Å². The van der Waals surface area contributed by atoms with E-state index < -0.39 is 0 Å². The van der Waals surface area contributed by atoms with Gasteiger partial charge in [-0.05, 0) is 58.2 Å². The van der Waals surface area contributed by atoms with Crippen molar-refractivity contribution in [3.63, 3.8) is 0 Å². The summed E-state index contributed by atoms with van der Waals surface area (Å²) >= 11 is 0. The average molecular weight is 281 g/mol. The number of nitrogens with zero attached hydrogens (tertiary/aromatic N) is 2. The third-order valence-corrected chi connectivity index (χ3v) is 3.50. The molecule has 0 atom stereocenters. The molecule has 0 saturated carbocycles. The molecule has 0 radical (unpaired) electrons. The molecule has 0 spiro atoms. The number of hydrogen-bond donors (Lipinski definition) is 1. The Morgan fingerprint density at radius 3 is 2.70 bits per heavy atom. The molecule has 1 heterocycles. The zero-order valence-electron chi connectivity index (χ0n) is 13.8. The van der Waals surface area contributed by atoms with Crippen molar-refractivity contribution in [2.75, 3.05) is 26.3 Å². The molecule has 0 unspecified atom stereocenters. The molecule has 20 heavy (non-hydrogen) atoms. The summed E-state index contributed by atoms with van der Waals surface area (Å²) in [5, 5.41) is 8.15. The molecule has 4 heteroatoms. The fraction of sp³-hybridized carbons (Fsp3) is 0.812. The van der Waals surface area contributed by atoms with E-state index in [-0.39, 0.29) is 0 Å². The maximum atomic E-state index is 5.38. The molecule has 1 aromatic rings. The van der Waals surface area contributed by atoms with Crippen molar-refractivity contribution in [2.24, 2.45) is 5.92 Å². The summed E-state index contributed by atoms with van der Waals surface area (Å²) < 4.78 is 7.51. The number of nitrogens with one attached hydrogen (secondary N) is 1. The summed E-state index contributed by atoms with van der Waals surface area (Å²) in [6.45, 7) is 15.5. The lowest BCUT2D eigenvalue weighted by Gasteiger charge is -2.08. The van der Waals surface area contributed by atoms with Crippen LogP contribution in [0, 0.1) is 19.8 Å². The SMILES string of the molecule is CCOCCCn1nc(C)c(CCNCC(C)C)c1C. The second kappa shape index (κ2) is 9.14. The van der Waals surface area contributed by atoms with Gasteiger partial charge in [0.15, 0.2) is 0 Å². The topological polar surface area (TPSA) is 39.1 Å². The molecule has 0 aliphatic carbocycles. The van der Waals surface area contributed by atoms with Crippen LogP contribution < -0.4 is 5.32 Å². The molecule has 0 saturated heterocycles. The number of hydrogen-bond acceptors (Lipinski definition) is 3.